The number of fused-ring (bicyclic) bond motifs is 1. The van der Waals surface area contributed by atoms with E-state index < -0.39 is 18.0 Å². The average molecular weight is 412 g/mol. The Morgan fingerprint density at radius 3 is 2.57 bits per heavy atom. The molecule has 0 spiro atoms. The summed E-state index contributed by atoms with van der Waals surface area (Å²) in [6, 6.07) is 12.3. The van der Waals surface area contributed by atoms with Gasteiger partial charge in [-0.15, -0.1) is 0 Å². The van der Waals surface area contributed by atoms with Crippen LogP contribution in [0.2, 0.25) is 0 Å². The molecule has 0 radical (unpaired) electrons. The fourth-order valence-corrected chi connectivity index (χ4v) is 3.26. The van der Waals surface area contributed by atoms with Crippen molar-refractivity contribution in [3.05, 3.63) is 53.6 Å². The molecule has 4 rings (SSSR count). The van der Waals surface area contributed by atoms with Crippen LogP contribution in [0.3, 0.4) is 0 Å². The number of anilines is 1. The number of esters is 1. The first-order chi connectivity index (χ1) is 14.6. The van der Waals surface area contributed by atoms with Gasteiger partial charge in [0.05, 0.1) is 18.8 Å². The third-order valence-corrected chi connectivity index (χ3v) is 4.99. The number of nitrogens with one attached hydrogen (secondary N) is 1. The number of hydrogen-bond donors (Lipinski definition) is 1. The fourth-order valence-electron chi connectivity index (χ4n) is 3.26. The highest BCUT2D eigenvalue weighted by Gasteiger charge is 2.21. The molecule has 158 valence electrons. The SMILES string of the molecule is C[C@@H](OC(=O)c1ccc(CN2CCOCC2)cc1)C(=O)Nc1ccc2c(c1)OCO2. The number of ether oxygens (including phenoxy) is 4. The van der Waals surface area contributed by atoms with Crippen LogP contribution in [0, 0.1) is 0 Å². The molecule has 8 nitrogen and oxygen atoms in total. The summed E-state index contributed by atoms with van der Waals surface area (Å²) >= 11 is 0. The second-order valence-corrected chi connectivity index (χ2v) is 7.19. The molecule has 0 saturated carbocycles. The first kappa shape index (κ1) is 20.2. The van der Waals surface area contributed by atoms with Crippen LogP contribution in [-0.2, 0) is 20.8 Å². The van der Waals surface area contributed by atoms with Gasteiger partial charge in [0, 0.05) is 31.4 Å². The van der Waals surface area contributed by atoms with Crippen molar-refractivity contribution in [2.45, 2.75) is 19.6 Å². The van der Waals surface area contributed by atoms with Gasteiger partial charge < -0.3 is 24.3 Å². The van der Waals surface area contributed by atoms with Crippen LogP contribution < -0.4 is 14.8 Å². The number of hydrogen-bond acceptors (Lipinski definition) is 7. The molecular formula is C22H24N2O6. The molecule has 0 aliphatic carbocycles. The van der Waals surface area contributed by atoms with Crippen molar-refractivity contribution in [3.63, 3.8) is 0 Å². The maximum Gasteiger partial charge on any atom is 0.338 e. The lowest BCUT2D eigenvalue weighted by molar-refractivity contribution is -0.123. The number of rotatable bonds is 6. The van der Waals surface area contributed by atoms with E-state index in [0.29, 0.717) is 22.7 Å². The highest BCUT2D eigenvalue weighted by atomic mass is 16.7. The maximum absolute atomic E-state index is 12.4. The van der Waals surface area contributed by atoms with E-state index in [4.69, 9.17) is 18.9 Å². The zero-order valence-electron chi connectivity index (χ0n) is 16.8. The number of morpholine rings is 1. The predicted octanol–water partition coefficient (Wildman–Crippen LogP) is 2.43. The highest BCUT2D eigenvalue weighted by Crippen LogP contribution is 2.34. The molecule has 2 aromatic carbocycles. The van der Waals surface area contributed by atoms with Crippen LogP contribution in [0.1, 0.15) is 22.8 Å². The molecule has 2 aliphatic rings. The number of carbonyl (C=O) groups excluding carboxylic acids is 2. The molecule has 1 N–H and O–H groups in total. The Morgan fingerprint density at radius 2 is 1.80 bits per heavy atom. The summed E-state index contributed by atoms with van der Waals surface area (Å²) in [4.78, 5) is 27.1. The molecule has 0 unspecified atom stereocenters. The topological polar surface area (TPSA) is 86.3 Å². The summed E-state index contributed by atoms with van der Waals surface area (Å²) in [6.07, 6.45) is -0.948. The molecule has 0 bridgehead atoms. The van der Waals surface area contributed by atoms with Crippen molar-refractivity contribution >= 4 is 17.6 Å². The van der Waals surface area contributed by atoms with Crippen LogP contribution in [0.5, 0.6) is 11.5 Å². The van der Waals surface area contributed by atoms with E-state index in [9.17, 15) is 9.59 Å². The zero-order valence-corrected chi connectivity index (χ0v) is 16.8. The zero-order chi connectivity index (χ0) is 20.9. The molecule has 1 atom stereocenters. The van der Waals surface area contributed by atoms with Crippen LogP contribution >= 0.6 is 0 Å². The Hall–Kier alpha value is -3.10. The fraction of sp³-hybridized carbons (Fsp3) is 0.364. The Kier molecular flexibility index (Phi) is 6.15. The summed E-state index contributed by atoms with van der Waals surface area (Å²) < 4.78 is 21.2. The Morgan fingerprint density at radius 1 is 1.07 bits per heavy atom. The number of amides is 1. The van der Waals surface area contributed by atoms with E-state index in [0.717, 1.165) is 38.4 Å². The van der Waals surface area contributed by atoms with Crippen molar-refractivity contribution in [1.82, 2.24) is 4.90 Å². The second-order valence-electron chi connectivity index (χ2n) is 7.19. The lowest BCUT2D eigenvalue weighted by Crippen LogP contribution is -2.35. The third kappa shape index (κ3) is 4.90. The Bertz CT molecular complexity index is 908. The molecule has 2 aromatic rings. The number of nitrogens with zero attached hydrogens (tertiary/aromatic N) is 1. The van der Waals surface area contributed by atoms with Gasteiger partial charge in [-0.05, 0) is 36.8 Å². The minimum absolute atomic E-state index is 0.159. The van der Waals surface area contributed by atoms with E-state index in [1.54, 1.807) is 30.3 Å². The minimum atomic E-state index is -0.948. The van der Waals surface area contributed by atoms with E-state index in [2.05, 4.69) is 10.2 Å². The van der Waals surface area contributed by atoms with Gasteiger partial charge >= 0.3 is 5.97 Å². The van der Waals surface area contributed by atoms with Gasteiger partial charge in [-0.25, -0.2) is 4.79 Å². The Balaban J connectivity index is 1.29. The summed E-state index contributed by atoms with van der Waals surface area (Å²) in [7, 11) is 0. The average Bonchev–Trinajstić information content (AvgIpc) is 3.23. The molecule has 30 heavy (non-hydrogen) atoms. The second kappa shape index (κ2) is 9.15. The van der Waals surface area contributed by atoms with E-state index in [1.165, 1.54) is 6.92 Å². The number of benzene rings is 2. The van der Waals surface area contributed by atoms with Gasteiger partial charge in [0.15, 0.2) is 17.6 Å². The molecule has 2 aliphatic heterocycles. The molecule has 2 heterocycles. The van der Waals surface area contributed by atoms with Crippen LogP contribution in [0.15, 0.2) is 42.5 Å². The molecule has 1 amide bonds. The van der Waals surface area contributed by atoms with E-state index >= 15 is 0 Å². The van der Waals surface area contributed by atoms with Gasteiger partial charge in [0.1, 0.15) is 0 Å². The third-order valence-electron chi connectivity index (χ3n) is 4.99. The number of carbonyl (C=O) groups is 2. The van der Waals surface area contributed by atoms with Crippen molar-refractivity contribution in [3.8, 4) is 11.5 Å². The van der Waals surface area contributed by atoms with Gasteiger partial charge in [-0.1, -0.05) is 12.1 Å². The molecule has 0 aromatic heterocycles. The van der Waals surface area contributed by atoms with Crippen LogP contribution in [0.25, 0.3) is 0 Å². The summed E-state index contributed by atoms with van der Waals surface area (Å²) in [5, 5.41) is 2.72. The Labute approximate surface area is 174 Å². The summed E-state index contributed by atoms with van der Waals surface area (Å²) in [5.41, 5.74) is 2.06. The highest BCUT2D eigenvalue weighted by molar-refractivity contribution is 5.97. The molecule has 1 saturated heterocycles. The first-order valence-corrected chi connectivity index (χ1v) is 9.89. The van der Waals surface area contributed by atoms with Gasteiger partial charge in [0.2, 0.25) is 6.79 Å². The van der Waals surface area contributed by atoms with Crippen molar-refractivity contribution in [1.29, 1.82) is 0 Å². The van der Waals surface area contributed by atoms with Crippen LogP contribution in [0.4, 0.5) is 5.69 Å². The van der Waals surface area contributed by atoms with Crippen molar-refractivity contribution in [2.24, 2.45) is 0 Å². The van der Waals surface area contributed by atoms with Crippen molar-refractivity contribution < 1.29 is 28.5 Å². The van der Waals surface area contributed by atoms with Crippen LogP contribution in [-0.4, -0.2) is 56.0 Å². The van der Waals surface area contributed by atoms with E-state index in [1.807, 2.05) is 12.1 Å². The lowest BCUT2D eigenvalue weighted by Gasteiger charge is -2.26. The quantitative estimate of drug-likeness (QED) is 0.730. The van der Waals surface area contributed by atoms with E-state index in [-0.39, 0.29) is 6.79 Å². The van der Waals surface area contributed by atoms with Gasteiger partial charge in [-0.3, -0.25) is 9.69 Å². The monoisotopic (exact) mass is 412 g/mol. The first-order valence-electron chi connectivity index (χ1n) is 9.89. The maximum atomic E-state index is 12.4. The smallest absolute Gasteiger partial charge is 0.338 e. The van der Waals surface area contributed by atoms with Gasteiger partial charge in [0.25, 0.3) is 5.91 Å². The summed E-state index contributed by atoms with van der Waals surface area (Å²) in [5.74, 6) is 0.228. The molecular weight excluding hydrogens is 388 g/mol. The lowest BCUT2D eigenvalue weighted by atomic mass is 10.1. The molecule has 1 fully saturated rings. The molecule has 8 heteroatoms. The minimum Gasteiger partial charge on any atom is -0.454 e. The standard InChI is InChI=1S/C22H24N2O6/c1-15(21(25)23-18-6-7-19-20(12-18)29-14-28-19)30-22(26)17-4-2-16(3-5-17)13-24-8-10-27-11-9-24/h2-7,12,15H,8-11,13-14H2,1H3,(H,23,25)/t15-/m1/s1. The summed E-state index contributed by atoms with van der Waals surface area (Å²) in [6.45, 7) is 5.80. The normalized spacial score (nSPS) is 16.7. The van der Waals surface area contributed by atoms with Crippen molar-refractivity contribution in [2.75, 3.05) is 38.4 Å². The largest absolute Gasteiger partial charge is 0.454 e. The predicted molar refractivity (Wildman–Crippen MR) is 109 cm³/mol. The van der Waals surface area contributed by atoms with Gasteiger partial charge in [-0.2, -0.15) is 0 Å².